The van der Waals surface area contributed by atoms with Gasteiger partial charge < -0.3 is 15.4 Å². The molecule has 3 heteroatoms. The van der Waals surface area contributed by atoms with E-state index in [1.807, 2.05) is 6.07 Å². The van der Waals surface area contributed by atoms with Crippen molar-refractivity contribution in [3.63, 3.8) is 0 Å². The van der Waals surface area contributed by atoms with Crippen LogP contribution in [-0.4, -0.2) is 25.6 Å². The molecule has 2 rings (SSSR count). The maximum atomic E-state index is 6.35. The first-order chi connectivity index (χ1) is 11.1. The first-order valence-electron chi connectivity index (χ1n) is 8.33. The van der Waals surface area contributed by atoms with Gasteiger partial charge in [0.05, 0.1) is 6.61 Å². The molecule has 2 N–H and O–H groups in total. The van der Waals surface area contributed by atoms with Crippen LogP contribution < -0.4 is 10.5 Å². The molecule has 3 nitrogen and oxygen atoms in total. The molecule has 0 radical (unpaired) electrons. The van der Waals surface area contributed by atoms with Crippen molar-refractivity contribution in [1.82, 2.24) is 4.90 Å². The van der Waals surface area contributed by atoms with Crippen LogP contribution in [0, 0.1) is 0 Å². The molecule has 0 atom stereocenters. The van der Waals surface area contributed by atoms with E-state index < -0.39 is 0 Å². The van der Waals surface area contributed by atoms with Crippen LogP contribution in [0.5, 0.6) is 5.75 Å². The normalized spacial score (nSPS) is 11.0. The van der Waals surface area contributed by atoms with Crippen molar-refractivity contribution >= 4 is 5.69 Å². The summed E-state index contributed by atoms with van der Waals surface area (Å²) in [5.41, 5.74) is 10.7. The molecule has 0 aliphatic carbocycles. The SMILES string of the molecule is CCCCOc1cc(CN(C)C)cc(N)c1Cc1ccccc1. The average molecular weight is 312 g/mol. The first-order valence-corrected chi connectivity index (χ1v) is 8.33. The number of rotatable bonds is 8. The fraction of sp³-hybridized carbons (Fsp3) is 0.400. The summed E-state index contributed by atoms with van der Waals surface area (Å²) in [6.07, 6.45) is 2.99. The Morgan fingerprint density at radius 1 is 1.04 bits per heavy atom. The lowest BCUT2D eigenvalue weighted by molar-refractivity contribution is 0.306. The zero-order chi connectivity index (χ0) is 16.7. The van der Waals surface area contributed by atoms with E-state index in [4.69, 9.17) is 10.5 Å². The zero-order valence-electron chi connectivity index (χ0n) is 14.5. The molecule has 124 valence electrons. The molecule has 0 fully saturated rings. The zero-order valence-corrected chi connectivity index (χ0v) is 14.5. The van der Waals surface area contributed by atoms with Crippen molar-refractivity contribution in [1.29, 1.82) is 0 Å². The number of nitrogen functional groups attached to an aromatic ring is 1. The van der Waals surface area contributed by atoms with Gasteiger partial charge in [-0.3, -0.25) is 0 Å². The summed E-state index contributed by atoms with van der Waals surface area (Å²) in [5, 5.41) is 0. The maximum absolute atomic E-state index is 6.35. The summed E-state index contributed by atoms with van der Waals surface area (Å²) in [6.45, 7) is 3.77. The number of unbranched alkanes of at least 4 members (excludes halogenated alkanes) is 1. The van der Waals surface area contributed by atoms with Gasteiger partial charge in [-0.1, -0.05) is 43.7 Å². The molecular formula is C20H28N2O. The highest BCUT2D eigenvalue weighted by atomic mass is 16.5. The second-order valence-electron chi connectivity index (χ2n) is 6.26. The second kappa shape index (κ2) is 8.59. The molecule has 0 spiro atoms. The minimum absolute atomic E-state index is 0.739. The largest absolute Gasteiger partial charge is 0.493 e. The Morgan fingerprint density at radius 2 is 1.78 bits per heavy atom. The Balaban J connectivity index is 2.29. The molecule has 0 aromatic heterocycles. The van der Waals surface area contributed by atoms with Crippen LogP contribution in [-0.2, 0) is 13.0 Å². The van der Waals surface area contributed by atoms with Gasteiger partial charge in [-0.25, -0.2) is 0 Å². The predicted molar refractivity (Wildman–Crippen MR) is 97.9 cm³/mol. The number of nitrogens with two attached hydrogens (primary N) is 1. The van der Waals surface area contributed by atoms with Crippen LogP contribution in [0.25, 0.3) is 0 Å². The van der Waals surface area contributed by atoms with Crippen molar-refractivity contribution in [3.05, 3.63) is 59.2 Å². The number of anilines is 1. The highest BCUT2D eigenvalue weighted by Gasteiger charge is 2.12. The summed E-state index contributed by atoms with van der Waals surface area (Å²) in [6, 6.07) is 14.6. The minimum atomic E-state index is 0.739. The lowest BCUT2D eigenvalue weighted by Crippen LogP contribution is -2.12. The fourth-order valence-electron chi connectivity index (χ4n) is 2.63. The lowest BCUT2D eigenvalue weighted by Gasteiger charge is -2.18. The molecule has 0 heterocycles. The molecule has 0 amide bonds. The van der Waals surface area contributed by atoms with Gasteiger partial charge in [-0.15, -0.1) is 0 Å². The quantitative estimate of drug-likeness (QED) is 0.589. The Labute approximate surface area is 140 Å². The van der Waals surface area contributed by atoms with E-state index in [1.165, 1.54) is 11.1 Å². The van der Waals surface area contributed by atoms with E-state index in [0.717, 1.165) is 49.4 Å². The van der Waals surface area contributed by atoms with E-state index in [1.54, 1.807) is 0 Å². The molecule has 0 saturated heterocycles. The minimum Gasteiger partial charge on any atom is -0.493 e. The monoisotopic (exact) mass is 312 g/mol. The molecule has 23 heavy (non-hydrogen) atoms. The van der Waals surface area contributed by atoms with E-state index in [2.05, 4.69) is 62.3 Å². The van der Waals surface area contributed by atoms with Crippen LogP contribution >= 0.6 is 0 Å². The van der Waals surface area contributed by atoms with E-state index in [9.17, 15) is 0 Å². The third kappa shape index (κ3) is 5.29. The molecule has 0 aliphatic rings. The van der Waals surface area contributed by atoms with Crippen LogP contribution in [0.15, 0.2) is 42.5 Å². The van der Waals surface area contributed by atoms with Crippen LogP contribution in [0.3, 0.4) is 0 Å². The van der Waals surface area contributed by atoms with Gasteiger partial charge >= 0.3 is 0 Å². The molecule has 2 aromatic carbocycles. The van der Waals surface area contributed by atoms with Crippen LogP contribution in [0.2, 0.25) is 0 Å². The molecule has 0 saturated carbocycles. The van der Waals surface area contributed by atoms with E-state index in [0.29, 0.717) is 0 Å². The number of hydrogen-bond acceptors (Lipinski definition) is 3. The summed E-state index contributed by atoms with van der Waals surface area (Å²) >= 11 is 0. The molecule has 2 aromatic rings. The number of nitrogens with zero attached hydrogens (tertiary/aromatic N) is 1. The number of benzene rings is 2. The fourth-order valence-corrected chi connectivity index (χ4v) is 2.63. The highest BCUT2D eigenvalue weighted by Crippen LogP contribution is 2.30. The first kappa shape index (κ1) is 17.4. The Kier molecular flexibility index (Phi) is 6.48. The predicted octanol–water partition coefficient (Wildman–Crippen LogP) is 4.10. The third-order valence-corrected chi connectivity index (χ3v) is 3.78. The summed E-state index contributed by atoms with van der Waals surface area (Å²) in [5.74, 6) is 0.930. The third-order valence-electron chi connectivity index (χ3n) is 3.78. The van der Waals surface area contributed by atoms with E-state index >= 15 is 0 Å². The van der Waals surface area contributed by atoms with Crippen molar-refractivity contribution in [2.75, 3.05) is 26.4 Å². The Hall–Kier alpha value is -2.00. The van der Waals surface area contributed by atoms with Gasteiger partial charge in [0.15, 0.2) is 0 Å². The standard InChI is InChI=1S/C20H28N2O/c1-4-5-11-23-20-14-17(15-22(2)3)13-19(21)18(20)12-16-9-7-6-8-10-16/h6-10,13-14H,4-5,11-12,15,21H2,1-3H3. The molecule has 0 bridgehead atoms. The summed E-state index contributed by atoms with van der Waals surface area (Å²) in [4.78, 5) is 2.14. The second-order valence-corrected chi connectivity index (χ2v) is 6.26. The van der Waals surface area contributed by atoms with Crippen LogP contribution in [0.4, 0.5) is 5.69 Å². The Bertz CT molecular complexity index is 609. The van der Waals surface area contributed by atoms with Gasteiger partial charge in [0.1, 0.15) is 5.75 Å². The van der Waals surface area contributed by atoms with Crippen LogP contribution in [0.1, 0.15) is 36.5 Å². The highest BCUT2D eigenvalue weighted by molar-refractivity contribution is 5.58. The molecular weight excluding hydrogens is 284 g/mol. The smallest absolute Gasteiger partial charge is 0.125 e. The van der Waals surface area contributed by atoms with Gasteiger partial charge in [0.25, 0.3) is 0 Å². The molecule has 0 aliphatic heterocycles. The van der Waals surface area contributed by atoms with Crippen molar-refractivity contribution in [2.24, 2.45) is 0 Å². The molecule has 0 unspecified atom stereocenters. The van der Waals surface area contributed by atoms with Gasteiger partial charge in [0.2, 0.25) is 0 Å². The number of ether oxygens (including phenoxy) is 1. The number of hydrogen-bond donors (Lipinski definition) is 1. The lowest BCUT2D eigenvalue weighted by atomic mass is 10.00. The Morgan fingerprint density at radius 3 is 2.43 bits per heavy atom. The van der Waals surface area contributed by atoms with Crippen molar-refractivity contribution in [2.45, 2.75) is 32.7 Å². The maximum Gasteiger partial charge on any atom is 0.125 e. The average Bonchev–Trinajstić information content (AvgIpc) is 2.51. The summed E-state index contributed by atoms with van der Waals surface area (Å²) < 4.78 is 6.05. The van der Waals surface area contributed by atoms with Gasteiger partial charge in [-0.2, -0.15) is 0 Å². The van der Waals surface area contributed by atoms with Crippen molar-refractivity contribution in [3.8, 4) is 5.75 Å². The van der Waals surface area contributed by atoms with E-state index in [-0.39, 0.29) is 0 Å². The van der Waals surface area contributed by atoms with Gasteiger partial charge in [-0.05, 0) is 43.8 Å². The van der Waals surface area contributed by atoms with Gasteiger partial charge in [0, 0.05) is 24.2 Å². The topological polar surface area (TPSA) is 38.5 Å². The summed E-state index contributed by atoms with van der Waals surface area (Å²) in [7, 11) is 4.12. The van der Waals surface area contributed by atoms with Crippen molar-refractivity contribution < 1.29 is 4.74 Å².